The van der Waals surface area contributed by atoms with Crippen LogP contribution in [0.25, 0.3) is 6.08 Å². The van der Waals surface area contributed by atoms with Crippen molar-refractivity contribution in [1.29, 1.82) is 0 Å². The van der Waals surface area contributed by atoms with E-state index in [0.29, 0.717) is 12.5 Å². The largest absolute Gasteiger partial charge is 0.494 e. The molecule has 0 fully saturated rings. The molecule has 0 unspecified atom stereocenters. The normalized spacial score (nSPS) is 17.3. The van der Waals surface area contributed by atoms with Gasteiger partial charge in [-0.15, -0.1) is 0 Å². The second-order valence-electron chi connectivity index (χ2n) is 5.33. The number of ether oxygens (including phenoxy) is 1. The quantitative estimate of drug-likeness (QED) is 0.826. The van der Waals surface area contributed by atoms with Crippen LogP contribution in [0, 0.1) is 0 Å². The molecule has 1 aliphatic rings. The predicted octanol–water partition coefficient (Wildman–Crippen LogP) is 0.0101. The number of hydrogen-bond acceptors (Lipinski definition) is 5. The van der Waals surface area contributed by atoms with E-state index in [0.717, 1.165) is 9.13 Å². The van der Waals surface area contributed by atoms with Crippen molar-refractivity contribution >= 4 is 12.0 Å². The molecule has 1 aromatic rings. The van der Waals surface area contributed by atoms with Crippen molar-refractivity contribution in [3.63, 3.8) is 0 Å². The van der Waals surface area contributed by atoms with E-state index in [4.69, 9.17) is 4.74 Å². The lowest BCUT2D eigenvalue weighted by Gasteiger charge is -2.07. The molecule has 7 heteroatoms. The van der Waals surface area contributed by atoms with Crippen LogP contribution in [0.4, 0.5) is 0 Å². The van der Waals surface area contributed by atoms with Gasteiger partial charge in [-0.1, -0.05) is 0 Å². The van der Waals surface area contributed by atoms with Crippen molar-refractivity contribution < 1.29 is 9.84 Å². The maximum absolute atomic E-state index is 12.0. The summed E-state index contributed by atoms with van der Waals surface area (Å²) in [6.07, 6.45) is 2.91. The zero-order valence-corrected chi connectivity index (χ0v) is 11.9. The van der Waals surface area contributed by atoms with Gasteiger partial charge in [0.25, 0.3) is 5.56 Å². The summed E-state index contributed by atoms with van der Waals surface area (Å²) in [7, 11) is 2.75. The van der Waals surface area contributed by atoms with Crippen LogP contribution in [-0.2, 0) is 18.8 Å². The highest BCUT2D eigenvalue weighted by molar-refractivity contribution is 5.93. The van der Waals surface area contributed by atoms with Crippen molar-refractivity contribution in [1.82, 2.24) is 9.13 Å². The monoisotopic (exact) mass is 279 g/mol. The number of aromatic hydroxyl groups is 1. The van der Waals surface area contributed by atoms with Gasteiger partial charge in [0.05, 0.1) is 5.54 Å². The van der Waals surface area contributed by atoms with Gasteiger partial charge in [0, 0.05) is 20.2 Å². The first kappa shape index (κ1) is 14.1. The Morgan fingerprint density at radius 3 is 2.45 bits per heavy atom. The third kappa shape index (κ3) is 2.38. The lowest BCUT2D eigenvalue weighted by atomic mass is 10.1. The molecule has 0 radical (unpaired) electrons. The fourth-order valence-electron chi connectivity index (χ4n) is 1.86. The van der Waals surface area contributed by atoms with Crippen molar-refractivity contribution in [2.24, 2.45) is 19.1 Å². The van der Waals surface area contributed by atoms with E-state index < -0.39 is 11.2 Å². The highest BCUT2D eigenvalue weighted by atomic mass is 16.5. The number of nitrogens with zero attached hydrogens (tertiary/aromatic N) is 3. The number of rotatable bonds is 2. The van der Waals surface area contributed by atoms with Gasteiger partial charge in [-0.2, -0.15) is 0 Å². The van der Waals surface area contributed by atoms with Crippen LogP contribution in [0.5, 0.6) is 5.88 Å². The smallest absolute Gasteiger partial charge is 0.333 e. The molecule has 0 spiro atoms. The van der Waals surface area contributed by atoms with Crippen molar-refractivity contribution in [2.75, 3.05) is 6.61 Å². The molecule has 0 saturated carbocycles. The second kappa shape index (κ2) is 4.66. The van der Waals surface area contributed by atoms with Crippen LogP contribution < -0.4 is 11.2 Å². The number of aliphatic imine (C=N–C) groups is 1. The fraction of sp³-hybridized carbons (Fsp3) is 0.462. The van der Waals surface area contributed by atoms with Crippen LogP contribution >= 0.6 is 0 Å². The molecule has 1 N–H and O–H groups in total. The SMILES string of the molecule is Cn1c(O)c(C=CC2=NC(C)(C)CO2)c(=O)n(C)c1=O. The molecule has 0 amide bonds. The minimum Gasteiger partial charge on any atom is -0.494 e. The molecule has 20 heavy (non-hydrogen) atoms. The zero-order valence-electron chi connectivity index (χ0n) is 11.9. The summed E-state index contributed by atoms with van der Waals surface area (Å²) in [5, 5.41) is 9.88. The van der Waals surface area contributed by atoms with Crippen LogP contribution in [0.1, 0.15) is 19.4 Å². The van der Waals surface area contributed by atoms with E-state index in [2.05, 4.69) is 4.99 Å². The van der Waals surface area contributed by atoms with Crippen molar-refractivity contribution in [2.45, 2.75) is 19.4 Å². The average Bonchev–Trinajstić information content (AvgIpc) is 2.73. The lowest BCUT2D eigenvalue weighted by Crippen LogP contribution is -2.37. The third-order valence-corrected chi connectivity index (χ3v) is 3.05. The summed E-state index contributed by atoms with van der Waals surface area (Å²) in [6, 6.07) is 0. The first-order valence-electron chi connectivity index (χ1n) is 6.12. The van der Waals surface area contributed by atoms with Gasteiger partial charge < -0.3 is 9.84 Å². The summed E-state index contributed by atoms with van der Waals surface area (Å²) < 4.78 is 7.29. The van der Waals surface area contributed by atoms with Gasteiger partial charge in [0.1, 0.15) is 12.2 Å². The highest BCUT2D eigenvalue weighted by Gasteiger charge is 2.24. The molecule has 7 nitrogen and oxygen atoms in total. The van der Waals surface area contributed by atoms with Gasteiger partial charge in [0.15, 0.2) is 0 Å². The Hall–Kier alpha value is -2.31. The maximum Gasteiger partial charge on any atom is 0.333 e. The Morgan fingerprint density at radius 2 is 1.90 bits per heavy atom. The summed E-state index contributed by atoms with van der Waals surface area (Å²) in [4.78, 5) is 27.9. The Bertz CT molecular complexity index is 722. The average molecular weight is 279 g/mol. The molecular weight excluding hydrogens is 262 g/mol. The third-order valence-electron chi connectivity index (χ3n) is 3.05. The first-order chi connectivity index (χ1) is 9.23. The minimum atomic E-state index is -0.583. The summed E-state index contributed by atoms with van der Waals surface area (Å²) >= 11 is 0. The Kier molecular flexibility index (Phi) is 3.29. The van der Waals surface area contributed by atoms with Gasteiger partial charge in [0.2, 0.25) is 11.8 Å². The minimum absolute atomic E-state index is 0.0191. The molecular formula is C13H17N3O4. The first-order valence-corrected chi connectivity index (χ1v) is 6.12. The second-order valence-corrected chi connectivity index (χ2v) is 5.33. The van der Waals surface area contributed by atoms with Gasteiger partial charge in [-0.3, -0.25) is 13.9 Å². The van der Waals surface area contributed by atoms with Crippen LogP contribution in [0.3, 0.4) is 0 Å². The molecule has 0 bridgehead atoms. The topological polar surface area (TPSA) is 85.8 Å². The standard InChI is InChI=1S/C13H17N3O4/c1-13(2)7-20-9(14-13)6-5-8-10(17)15(3)12(19)16(4)11(8)18/h5-6,17H,7H2,1-4H3. The van der Waals surface area contributed by atoms with Crippen molar-refractivity contribution in [3.05, 3.63) is 32.5 Å². The molecule has 0 saturated heterocycles. The predicted molar refractivity (Wildman–Crippen MR) is 75.1 cm³/mol. The van der Waals surface area contributed by atoms with Gasteiger partial charge >= 0.3 is 5.69 Å². The van der Waals surface area contributed by atoms with Gasteiger partial charge in [-0.25, -0.2) is 9.79 Å². The molecule has 108 valence electrons. The molecule has 0 aliphatic carbocycles. The maximum atomic E-state index is 12.0. The van der Waals surface area contributed by atoms with E-state index in [9.17, 15) is 14.7 Å². The summed E-state index contributed by atoms with van der Waals surface area (Å²) in [5.74, 6) is 0.0116. The summed E-state index contributed by atoms with van der Waals surface area (Å²) in [5.41, 5.74) is -1.43. The van der Waals surface area contributed by atoms with Crippen LogP contribution in [0.2, 0.25) is 0 Å². The zero-order chi connectivity index (χ0) is 15.1. The van der Waals surface area contributed by atoms with E-state index in [1.54, 1.807) is 0 Å². The molecule has 2 heterocycles. The van der Waals surface area contributed by atoms with Gasteiger partial charge in [-0.05, 0) is 19.9 Å². The number of aromatic nitrogens is 2. The van der Waals surface area contributed by atoms with E-state index in [-0.39, 0.29) is 17.0 Å². The van der Waals surface area contributed by atoms with E-state index in [1.165, 1.54) is 26.2 Å². The molecule has 0 atom stereocenters. The molecule has 1 aromatic heterocycles. The van der Waals surface area contributed by atoms with E-state index >= 15 is 0 Å². The Labute approximate surface area is 115 Å². The highest BCUT2D eigenvalue weighted by Crippen LogP contribution is 2.18. The fourth-order valence-corrected chi connectivity index (χ4v) is 1.86. The van der Waals surface area contributed by atoms with Crippen LogP contribution in [0.15, 0.2) is 20.7 Å². The molecule has 1 aliphatic heterocycles. The molecule has 2 rings (SSSR count). The van der Waals surface area contributed by atoms with Crippen molar-refractivity contribution in [3.8, 4) is 5.88 Å². The van der Waals surface area contributed by atoms with E-state index in [1.807, 2.05) is 13.8 Å². The number of hydrogen-bond donors (Lipinski definition) is 1. The Balaban J connectivity index is 2.46. The lowest BCUT2D eigenvalue weighted by molar-refractivity contribution is 0.280. The summed E-state index contributed by atoms with van der Waals surface area (Å²) in [6.45, 7) is 4.32. The van der Waals surface area contributed by atoms with Crippen LogP contribution in [-0.4, -0.2) is 32.3 Å². The molecule has 0 aromatic carbocycles. The Morgan fingerprint density at radius 1 is 1.25 bits per heavy atom.